The van der Waals surface area contributed by atoms with Crippen LogP contribution in [0.3, 0.4) is 0 Å². The van der Waals surface area contributed by atoms with Gasteiger partial charge in [-0.2, -0.15) is 0 Å². The Morgan fingerprint density at radius 2 is 2.03 bits per heavy atom. The molecule has 6 atom stereocenters. The smallest absolute Gasteiger partial charge is 1.00 e. The maximum Gasteiger partial charge on any atom is 1.00 e. The van der Waals surface area contributed by atoms with Gasteiger partial charge >= 0.3 is 51.4 Å². The van der Waals surface area contributed by atoms with Crippen molar-refractivity contribution in [3.63, 3.8) is 0 Å². The first kappa shape index (κ1) is 30.3. The number of halogens is 1. The third-order valence-corrected chi connectivity index (χ3v) is 8.01. The SMILES string of the molecule is CNC[C@H](O)c1cccc(O)c1.COc1ccc2c3c1O[C@H]1[C@@H](O)C=C[C@H]4[C@@H](C2)N(C)CC[C@@]341.[I-].[K+]. The van der Waals surface area contributed by atoms with Crippen LogP contribution in [0.2, 0.25) is 0 Å². The van der Waals surface area contributed by atoms with Crippen molar-refractivity contribution in [1.29, 1.82) is 0 Å². The number of phenolic OH excluding ortho intramolecular Hbond substituents is 1. The monoisotopic (exact) mass is 632 g/mol. The van der Waals surface area contributed by atoms with Crippen molar-refractivity contribution >= 4 is 0 Å². The summed E-state index contributed by atoms with van der Waals surface area (Å²) in [7, 11) is 5.68. The quantitative estimate of drug-likeness (QED) is 0.156. The Kier molecular flexibility index (Phi) is 10.4. The van der Waals surface area contributed by atoms with E-state index in [2.05, 4.69) is 29.4 Å². The summed E-state index contributed by atoms with van der Waals surface area (Å²) in [5, 5.41) is 32.0. The van der Waals surface area contributed by atoms with E-state index in [4.69, 9.17) is 14.6 Å². The number of piperidine rings is 1. The molecule has 2 aliphatic heterocycles. The molecule has 2 bridgehead atoms. The number of hydrogen-bond acceptors (Lipinski definition) is 7. The Morgan fingerprint density at radius 3 is 2.72 bits per heavy atom. The zero-order valence-corrected chi connectivity index (χ0v) is 26.6. The van der Waals surface area contributed by atoms with Crippen molar-refractivity contribution in [3.05, 3.63) is 65.2 Å². The summed E-state index contributed by atoms with van der Waals surface area (Å²) in [4.78, 5) is 2.47. The Hall–Kier alpha value is -0.214. The summed E-state index contributed by atoms with van der Waals surface area (Å²) < 4.78 is 11.8. The van der Waals surface area contributed by atoms with Crippen LogP contribution >= 0.6 is 0 Å². The molecule has 1 fully saturated rings. The maximum absolute atomic E-state index is 10.6. The minimum absolute atomic E-state index is 0. The summed E-state index contributed by atoms with van der Waals surface area (Å²) in [5.41, 5.74) is 3.33. The molecule has 0 unspecified atom stereocenters. The van der Waals surface area contributed by atoms with E-state index >= 15 is 0 Å². The van der Waals surface area contributed by atoms with Crippen LogP contribution in [0.4, 0.5) is 0 Å². The number of phenols is 1. The fourth-order valence-electron chi connectivity index (χ4n) is 6.43. The standard InChI is InChI=1S/C18H21NO3.C9H13NO2.HI.K/c1-19-8-7-18-11-4-5-13(20)17(18)22-16-14(21-2)6-3-10(15(16)18)9-12(11)19;1-10-6-9(12)7-3-2-4-8(11)5-7;;/h3-6,11-13,17,20H,7-9H2,1-2H3;2-5,9-12H,6H2,1H3;1H;/q;;;+1/p-1/t11-,12+,13-,17-,18-;9-;;/m00../s1. The van der Waals surface area contributed by atoms with Crippen molar-refractivity contribution in [1.82, 2.24) is 10.2 Å². The van der Waals surface area contributed by atoms with E-state index in [9.17, 15) is 10.2 Å². The van der Waals surface area contributed by atoms with E-state index in [-0.39, 0.29) is 92.6 Å². The van der Waals surface area contributed by atoms with Crippen LogP contribution < -0.4 is 90.2 Å². The molecule has 0 aromatic heterocycles. The van der Waals surface area contributed by atoms with Gasteiger partial charge in [0.15, 0.2) is 11.5 Å². The van der Waals surface area contributed by atoms with Crippen molar-refractivity contribution in [2.24, 2.45) is 5.92 Å². The van der Waals surface area contributed by atoms with Crippen LogP contribution in [0.1, 0.15) is 29.2 Å². The normalized spacial score (nSPS) is 29.4. The topological polar surface area (TPSA) is 94.4 Å². The number of aliphatic hydroxyl groups is 2. The molecule has 0 saturated carbocycles. The number of benzene rings is 2. The van der Waals surface area contributed by atoms with Crippen molar-refractivity contribution in [2.75, 3.05) is 34.3 Å². The summed E-state index contributed by atoms with van der Waals surface area (Å²) >= 11 is 0. The number of hydrogen-bond donors (Lipinski definition) is 4. The van der Waals surface area contributed by atoms with Gasteiger partial charge in [-0.15, -0.1) is 0 Å². The van der Waals surface area contributed by atoms with Crippen LogP contribution in [-0.2, 0) is 11.8 Å². The Labute approximate surface area is 272 Å². The molecule has 9 heteroatoms. The largest absolute Gasteiger partial charge is 1.00 e. The number of methoxy groups -OCH3 is 1. The molecule has 2 aromatic carbocycles. The first-order valence-corrected chi connectivity index (χ1v) is 12.0. The van der Waals surface area contributed by atoms with Crippen molar-refractivity contribution in [2.45, 2.75) is 42.6 Å². The number of aromatic hydroxyl groups is 1. The molecule has 6 rings (SSSR count). The molecule has 2 aliphatic carbocycles. The fourth-order valence-corrected chi connectivity index (χ4v) is 6.43. The van der Waals surface area contributed by atoms with E-state index < -0.39 is 12.2 Å². The van der Waals surface area contributed by atoms with Crippen LogP contribution in [0.25, 0.3) is 0 Å². The van der Waals surface area contributed by atoms with E-state index in [1.165, 1.54) is 11.1 Å². The average molecular weight is 633 g/mol. The third-order valence-electron chi connectivity index (χ3n) is 8.01. The van der Waals surface area contributed by atoms with Gasteiger partial charge in [-0.1, -0.05) is 30.4 Å². The average Bonchev–Trinajstić information content (AvgIpc) is 3.19. The second-order valence-electron chi connectivity index (χ2n) is 9.78. The van der Waals surface area contributed by atoms with Gasteiger partial charge in [-0.25, -0.2) is 0 Å². The van der Waals surface area contributed by atoms with Crippen LogP contribution in [-0.4, -0.2) is 72.8 Å². The van der Waals surface area contributed by atoms with Crippen molar-refractivity contribution < 1.29 is 100 Å². The molecular weight excluding hydrogens is 598 g/mol. The molecule has 2 heterocycles. The van der Waals surface area contributed by atoms with Gasteiger partial charge < -0.3 is 59.0 Å². The molecule has 1 saturated heterocycles. The predicted molar refractivity (Wildman–Crippen MR) is 129 cm³/mol. The number of ether oxygens (including phenoxy) is 2. The van der Waals surface area contributed by atoms with Crippen molar-refractivity contribution in [3.8, 4) is 17.2 Å². The number of nitrogens with one attached hydrogen (secondary N) is 1. The summed E-state index contributed by atoms with van der Waals surface area (Å²) in [6.07, 6.45) is 4.98. The summed E-state index contributed by atoms with van der Waals surface area (Å²) in [5.74, 6) is 2.27. The van der Waals surface area contributed by atoms with Gasteiger partial charge in [0, 0.05) is 29.5 Å². The second-order valence-corrected chi connectivity index (χ2v) is 9.78. The zero-order chi connectivity index (χ0) is 24.0. The predicted octanol–water partition coefficient (Wildman–Crippen LogP) is -3.85. The van der Waals surface area contributed by atoms with Gasteiger partial charge in [0.05, 0.1) is 13.2 Å². The molecule has 4 aliphatic rings. The molecule has 7 nitrogen and oxygen atoms in total. The Balaban J connectivity index is 0.000000224. The Morgan fingerprint density at radius 1 is 1.25 bits per heavy atom. The number of rotatable bonds is 4. The molecule has 1 spiro atoms. The summed E-state index contributed by atoms with van der Waals surface area (Å²) in [6.45, 7) is 1.54. The van der Waals surface area contributed by atoms with Gasteiger partial charge in [-0.3, -0.25) is 0 Å². The van der Waals surface area contributed by atoms with Gasteiger partial charge in [0.1, 0.15) is 18.0 Å². The van der Waals surface area contributed by atoms with Gasteiger partial charge in [0.2, 0.25) is 0 Å². The van der Waals surface area contributed by atoms with Gasteiger partial charge in [-0.05, 0) is 62.8 Å². The van der Waals surface area contributed by atoms with E-state index in [0.717, 1.165) is 36.4 Å². The third kappa shape index (κ3) is 5.05. The van der Waals surface area contributed by atoms with E-state index in [0.29, 0.717) is 18.5 Å². The first-order valence-electron chi connectivity index (χ1n) is 12.0. The second kappa shape index (κ2) is 12.3. The van der Waals surface area contributed by atoms with E-state index in [1.54, 1.807) is 38.4 Å². The van der Waals surface area contributed by atoms with Crippen LogP contribution in [0.5, 0.6) is 17.2 Å². The molecule has 4 N–H and O–H groups in total. The molecule has 2 aromatic rings. The number of aliphatic hydroxyl groups excluding tert-OH is 2. The minimum atomic E-state index is -0.554. The Bertz CT molecular complexity index is 1100. The molecule has 36 heavy (non-hydrogen) atoms. The van der Waals surface area contributed by atoms with Crippen LogP contribution in [0, 0.1) is 5.92 Å². The molecule has 0 radical (unpaired) electrons. The molecule has 190 valence electrons. The molecular formula is C27H34IKN2O5. The van der Waals surface area contributed by atoms with Crippen LogP contribution in [0.15, 0.2) is 48.6 Å². The zero-order valence-electron chi connectivity index (χ0n) is 21.3. The first-order chi connectivity index (χ1) is 16.4. The minimum Gasteiger partial charge on any atom is -1.00 e. The summed E-state index contributed by atoms with van der Waals surface area (Å²) in [6, 6.07) is 11.3. The fraction of sp³-hybridized carbons (Fsp3) is 0.481. The van der Waals surface area contributed by atoms with E-state index in [1.807, 2.05) is 12.1 Å². The van der Waals surface area contributed by atoms with Gasteiger partial charge in [0.25, 0.3) is 0 Å². The number of nitrogens with zero attached hydrogens (tertiary/aromatic N) is 1. The maximum atomic E-state index is 10.6. The number of likely N-dealkylation sites (N-methyl/N-ethyl adjacent to an activating group) is 2. The molecule has 0 amide bonds. The number of likely N-dealkylation sites (tertiary alicyclic amines) is 1.